The van der Waals surface area contributed by atoms with Crippen molar-refractivity contribution in [1.82, 2.24) is 9.80 Å². The van der Waals surface area contributed by atoms with Crippen LogP contribution in [0.1, 0.15) is 44.9 Å². The van der Waals surface area contributed by atoms with Gasteiger partial charge in [-0.15, -0.1) is 0 Å². The van der Waals surface area contributed by atoms with Crippen LogP contribution >= 0.6 is 0 Å². The number of methoxy groups -OCH3 is 1. The number of hydrogen-bond acceptors (Lipinski definition) is 4. The van der Waals surface area contributed by atoms with E-state index in [0.29, 0.717) is 45.6 Å². The summed E-state index contributed by atoms with van der Waals surface area (Å²) in [6.07, 6.45) is 7.03. The summed E-state index contributed by atoms with van der Waals surface area (Å²) < 4.78 is 5.16. The molecule has 1 atom stereocenters. The van der Waals surface area contributed by atoms with Crippen LogP contribution in [0.25, 0.3) is 0 Å². The highest BCUT2D eigenvalue weighted by atomic mass is 16.5. The van der Waals surface area contributed by atoms with Crippen molar-refractivity contribution in [2.45, 2.75) is 51.0 Å². The molecule has 1 saturated carbocycles. The summed E-state index contributed by atoms with van der Waals surface area (Å²) in [4.78, 5) is 28.2. The van der Waals surface area contributed by atoms with Crippen LogP contribution in [0.4, 0.5) is 0 Å². The van der Waals surface area contributed by atoms with E-state index in [1.54, 1.807) is 7.11 Å². The fraction of sp³-hybridized carbons (Fsp3) is 0.882. The van der Waals surface area contributed by atoms with Gasteiger partial charge in [-0.05, 0) is 12.3 Å². The first-order valence-corrected chi connectivity index (χ1v) is 8.92. The zero-order valence-electron chi connectivity index (χ0n) is 14.3. The third kappa shape index (κ3) is 5.46. The van der Waals surface area contributed by atoms with E-state index in [0.717, 1.165) is 12.3 Å². The first-order chi connectivity index (χ1) is 11.1. The molecule has 0 aromatic rings. The van der Waals surface area contributed by atoms with E-state index in [4.69, 9.17) is 10.5 Å². The zero-order valence-corrected chi connectivity index (χ0v) is 14.3. The molecule has 0 aromatic heterocycles. The lowest BCUT2D eigenvalue weighted by Gasteiger charge is -2.35. The summed E-state index contributed by atoms with van der Waals surface area (Å²) in [7, 11) is 1.58. The van der Waals surface area contributed by atoms with Crippen molar-refractivity contribution in [2.24, 2.45) is 11.7 Å². The quantitative estimate of drug-likeness (QED) is 0.757. The summed E-state index contributed by atoms with van der Waals surface area (Å²) in [5, 5.41) is 0. The van der Waals surface area contributed by atoms with E-state index >= 15 is 0 Å². The Balaban J connectivity index is 1.68. The van der Waals surface area contributed by atoms with E-state index in [2.05, 4.69) is 0 Å². The number of carbonyl (C=O) groups excluding carboxylic acids is 2. The van der Waals surface area contributed by atoms with E-state index in [1.165, 1.54) is 25.7 Å². The second-order valence-electron chi connectivity index (χ2n) is 6.75. The Labute approximate surface area is 139 Å². The van der Waals surface area contributed by atoms with Crippen LogP contribution in [0.3, 0.4) is 0 Å². The molecule has 1 unspecified atom stereocenters. The predicted molar refractivity (Wildman–Crippen MR) is 88.8 cm³/mol. The normalized spacial score (nSPS) is 20.8. The number of piperazine rings is 1. The number of nitrogens with zero attached hydrogens (tertiary/aromatic N) is 2. The van der Waals surface area contributed by atoms with Crippen LogP contribution in [0, 0.1) is 5.92 Å². The van der Waals surface area contributed by atoms with Gasteiger partial charge in [-0.1, -0.05) is 25.7 Å². The van der Waals surface area contributed by atoms with Gasteiger partial charge in [0.2, 0.25) is 11.8 Å². The van der Waals surface area contributed by atoms with Gasteiger partial charge in [-0.25, -0.2) is 0 Å². The first kappa shape index (κ1) is 18.2. The molecule has 0 bridgehead atoms. The summed E-state index contributed by atoms with van der Waals surface area (Å²) in [5.41, 5.74) is 5.56. The summed E-state index contributed by atoms with van der Waals surface area (Å²) in [6.45, 7) is 2.89. The van der Waals surface area contributed by atoms with E-state index in [1.807, 2.05) is 9.80 Å². The molecule has 6 nitrogen and oxygen atoms in total. The first-order valence-electron chi connectivity index (χ1n) is 8.92. The molecule has 2 amide bonds. The standard InChI is InChI=1S/C17H31N3O3/c1-23-15(13-18)12-17(22)20-10-8-19(9-11-20)16(21)7-6-14-4-2-3-5-14/h14-15H,2-13,18H2,1H3. The van der Waals surface area contributed by atoms with Crippen molar-refractivity contribution in [1.29, 1.82) is 0 Å². The number of carbonyl (C=O) groups is 2. The van der Waals surface area contributed by atoms with Gasteiger partial charge in [0.1, 0.15) is 0 Å². The molecule has 2 aliphatic rings. The monoisotopic (exact) mass is 325 g/mol. The minimum atomic E-state index is -0.214. The van der Waals surface area contributed by atoms with Gasteiger partial charge in [0.15, 0.2) is 0 Å². The van der Waals surface area contributed by atoms with Crippen molar-refractivity contribution < 1.29 is 14.3 Å². The molecule has 132 valence electrons. The van der Waals surface area contributed by atoms with Crippen molar-refractivity contribution in [2.75, 3.05) is 39.8 Å². The maximum absolute atomic E-state index is 12.3. The molecule has 6 heteroatoms. The molecular weight excluding hydrogens is 294 g/mol. The molecule has 1 heterocycles. The van der Waals surface area contributed by atoms with Crippen molar-refractivity contribution in [3.63, 3.8) is 0 Å². The molecular formula is C17H31N3O3. The molecule has 0 radical (unpaired) electrons. The molecule has 2 fully saturated rings. The van der Waals surface area contributed by atoms with Gasteiger partial charge < -0.3 is 20.3 Å². The number of amides is 2. The third-order valence-electron chi connectivity index (χ3n) is 5.22. The van der Waals surface area contributed by atoms with Crippen molar-refractivity contribution in [3.05, 3.63) is 0 Å². The number of ether oxygens (including phenoxy) is 1. The van der Waals surface area contributed by atoms with Gasteiger partial charge in [-0.2, -0.15) is 0 Å². The van der Waals surface area contributed by atoms with Crippen molar-refractivity contribution >= 4 is 11.8 Å². The van der Waals surface area contributed by atoms with Crippen LogP contribution in [-0.2, 0) is 14.3 Å². The lowest BCUT2D eigenvalue weighted by molar-refractivity contribution is -0.141. The topological polar surface area (TPSA) is 75.9 Å². The Morgan fingerprint density at radius 3 is 2.17 bits per heavy atom. The fourth-order valence-electron chi connectivity index (χ4n) is 3.58. The molecule has 23 heavy (non-hydrogen) atoms. The average molecular weight is 325 g/mol. The van der Waals surface area contributed by atoms with Gasteiger partial charge in [0, 0.05) is 46.3 Å². The van der Waals surface area contributed by atoms with Crippen LogP contribution in [0.15, 0.2) is 0 Å². The van der Waals surface area contributed by atoms with Gasteiger partial charge in [0.05, 0.1) is 12.5 Å². The molecule has 0 aromatic carbocycles. The van der Waals surface area contributed by atoms with Crippen LogP contribution in [-0.4, -0.2) is 67.6 Å². The van der Waals surface area contributed by atoms with Crippen molar-refractivity contribution in [3.8, 4) is 0 Å². The highest BCUT2D eigenvalue weighted by Crippen LogP contribution is 2.28. The van der Waals surface area contributed by atoms with Crippen LogP contribution in [0.2, 0.25) is 0 Å². The number of hydrogen-bond donors (Lipinski definition) is 1. The van der Waals surface area contributed by atoms with E-state index < -0.39 is 0 Å². The van der Waals surface area contributed by atoms with Gasteiger partial charge >= 0.3 is 0 Å². The number of nitrogens with two attached hydrogens (primary N) is 1. The van der Waals surface area contributed by atoms with E-state index in [-0.39, 0.29) is 17.9 Å². The second kappa shape index (κ2) is 9.23. The Morgan fingerprint density at radius 2 is 1.65 bits per heavy atom. The Hall–Kier alpha value is -1.14. The summed E-state index contributed by atoms with van der Waals surface area (Å²) in [6, 6.07) is 0. The SMILES string of the molecule is COC(CN)CC(=O)N1CCN(C(=O)CCC2CCCC2)CC1. The summed E-state index contributed by atoms with van der Waals surface area (Å²) in [5.74, 6) is 1.07. The van der Waals surface area contributed by atoms with Gasteiger partial charge in [-0.3, -0.25) is 9.59 Å². The largest absolute Gasteiger partial charge is 0.380 e. The second-order valence-corrected chi connectivity index (χ2v) is 6.75. The maximum atomic E-state index is 12.3. The summed E-state index contributed by atoms with van der Waals surface area (Å²) >= 11 is 0. The molecule has 0 spiro atoms. The number of rotatable bonds is 7. The van der Waals surface area contributed by atoms with Crippen LogP contribution < -0.4 is 5.73 Å². The molecule has 1 aliphatic carbocycles. The van der Waals surface area contributed by atoms with Gasteiger partial charge in [0.25, 0.3) is 0 Å². The Bertz CT molecular complexity index is 385. The van der Waals surface area contributed by atoms with Crippen LogP contribution in [0.5, 0.6) is 0 Å². The minimum absolute atomic E-state index is 0.0698. The lowest BCUT2D eigenvalue weighted by atomic mass is 10.0. The molecule has 2 N–H and O–H groups in total. The minimum Gasteiger partial charge on any atom is -0.380 e. The predicted octanol–water partition coefficient (Wildman–Crippen LogP) is 0.991. The average Bonchev–Trinajstić information content (AvgIpc) is 3.11. The fourth-order valence-corrected chi connectivity index (χ4v) is 3.58. The molecule has 1 saturated heterocycles. The maximum Gasteiger partial charge on any atom is 0.225 e. The Kier molecular flexibility index (Phi) is 7.30. The van der Waals surface area contributed by atoms with E-state index in [9.17, 15) is 9.59 Å². The lowest BCUT2D eigenvalue weighted by Crippen LogP contribution is -2.51. The highest BCUT2D eigenvalue weighted by Gasteiger charge is 2.26. The third-order valence-corrected chi connectivity index (χ3v) is 5.22. The zero-order chi connectivity index (χ0) is 16.7. The molecule has 1 aliphatic heterocycles. The Morgan fingerprint density at radius 1 is 1.09 bits per heavy atom. The highest BCUT2D eigenvalue weighted by molar-refractivity contribution is 5.78. The smallest absolute Gasteiger partial charge is 0.225 e. The molecule has 2 rings (SSSR count).